The number of carbonyl (C=O) groups is 2. The Labute approximate surface area is 112 Å². The SMILES string of the molecule is O=C(O)CN1CCN(C(=O)NC2CCCOC2)CC1. The number of aliphatic carboxylic acids is 1. The van der Waals surface area contributed by atoms with Crippen LogP contribution in [0.15, 0.2) is 0 Å². The predicted octanol–water partition coefficient (Wildman–Crippen LogP) is -0.423. The maximum atomic E-state index is 12.0. The number of carboxylic acids is 1. The molecule has 2 fully saturated rings. The molecule has 2 saturated heterocycles. The zero-order valence-corrected chi connectivity index (χ0v) is 11.0. The van der Waals surface area contributed by atoms with Crippen molar-refractivity contribution in [3.8, 4) is 0 Å². The predicted molar refractivity (Wildman–Crippen MR) is 68.0 cm³/mol. The normalized spacial score (nSPS) is 25.1. The molecule has 2 aliphatic rings. The first kappa shape index (κ1) is 14.1. The van der Waals surface area contributed by atoms with Gasteiger partial charge in [-0.3, -0.25) is 9.69 Å². The van der Waals surface area contributed by atoms with Gasteiger partial charge in [-0.25, -0.2) is 4.79 Å². The number of nitrogens with zero attached hydrogens (tertiary/aromatic N) is 2. The molecule has 108 valence electrons. The fraction of sp³-hybridized carbons (Fsp3) is 0.833. The lowest BCUT2D eigenvalue weighted by atomic mass is 10.1. The Morgan fingerprint density at radius 1 is 1.26 bits per heavy atom. The van der Waals surface area contributed by atoms with Gasteiger partial charge < -0.3 is 20.1 Å². The molecule has 0 aliphatic carbocycles. The largest absolute Gasteiger partial charge is 0.480 e. The van der Waals surface area contributed by atoms with Gasteiger partial charge in [0, 0.05) is 32.8 Å². The first-order valence-electron chi connectivity index (χ1n) is 6.72. The summed E-state index contributed by atoms with van der Waals surface area (Å²) in [5.74, 6) is -0.822. The van der Waals surface area contributed by atoms with Crippen LogP contribution in [0.1, 0.15) is 12.8 Å². The third-order valence-corrected chi connectivity index (χ3v) is 3.51. The summed E-state index contributed by atoms with van der Waals surface area (Å²) in [4.78, 5) is 26.2. The van der Waals surface area contributed by atoms with Crippen LogP contribution in [0.25, 0.3) is 0 Å². The first-order valence-corrected chi connectivity index (χ1v) is 6.72. The summed E-state index contributed by atoms with van der Waals surface area (Å²) in [6.45, 7) is 3.79. The van der Waals surface area contributed by atoms with Crippen molar-refractivity contribution < 1.29 is 19.4 Å². The van der Waals surface area contributed by atoms with Crippen LogP contribution in [0.2, 0.25) is 0 Å². The number of urea groups is 1. The second-order valence-electron chi connectivity index (χ2n) is 5.02. The number of carboxylic acid groups (broad SMARTS) is 1. The first-order chi connectivity index (χ1) is 9.15. The summed E-state index contributed by atoms with van der Waals surface area (Å²) >= 11 is 0. The molecule has 0 saturated carbocycles. The smallest absolute Gasteiger partial charge is 0.317 e. The Hall–Kier alpha value is -1.34. The summed E-state index contributed by atoms with van der Waals surface area (Å²) in [7, 11) is 0. The quantitative estimate of drug-likeness (QED) is 0.728. The van der Waals surface area contributed by atoms with Gasteiger partial charge in [-0.15, -0.1) is 0 Å². The van der Waals surface area contributed by atoms with Gasteiger partial charge in [0.25, 0.3) is 0 Å². The van der Waals surface area contributed by atoms with Crippen molar-refractivity contribution in [1.29, 1.82) is 0 Å². The van der Waals surface area contributed by atoms with Crippen molar-refractivity contribution >= 4 is 12.0 Å². The third-order valence-electron chi connectivity index (χ3n) is 3.51. The van der Waals surface area contributed by atoms with Crippen LogP contribution in [0.4, 0.5) is 4.79 Å². The molecule has 0 aromatic carbocycles. The van der Waals surface area contributed by atoms with Crippen LogP contribution >= 0.6 is 0 Å². The van der Waals surface area contributed by atoms with E-state index in [1.54, 1.807) is 4.90 Å². The van der Waals surface area contributed by atoms with Gasteiger partial charge in [0.15, 0.2) is 0 Å². The van der Waals surface area contributed by atoms with Gasteiger partial charge in [0.05, 0.1) is 19.2 Å². The molecule has 0 spiro atoms. The molecule has 0 bridgehead atoms. The van der Waals surface area contributed by atoms with E-state index in [-0.39, 0.29) is 18.6 Å². The number of hydrogen-bond donors (Lipinski definition) is 2. The fourth-order valence-corrected chi connectivity index (χ4v) is 2.42. The summed E-state index contributed by atoms with van der Waals surface area (Å²) in [5.41, 5.74) is 0. The molecular formula is C12H21N3O4. The van der Waals surface area contributed by atoms with Crippen LogP contribution in [0.5, 0.6) is 0 Å². The number of carbonyl (C=O) groups excluding carboxylic acids is 1. The summed E-state index contributed by atoms with van der Waals surface area (Å²) in [6, 6.07) is 0.0452. The van der Waals surface area contributed by atoms with E-state index in [4.69, 9.17) is 9.84 Å². The summed E-state index contributed by atoms with van der Waals surface area (Å²) in [6.07, 6.45) is 1.95. The van der Waals surface area contributed by atoms with E-state index >= 15 is 0 Å². The molecule has 1 atom stereocenters. The Morgan fingerprint density at radius 3 is 2.58 bits per heavy atom. The molecule has 7 heteroatoms. The highest BCUT2D eigenvalue weighted by atomic mass is 16.5. The van der Waals surface area contributed by atoms with E-state index < -0.39 is 5.97 Å². The summed E-state index contributed by atoms with van der Waals surface area (Å²) < 4.78 is 5.32. The van der Waals surface area contributed by atoms with Crippen LogP contribution in [0, 0.1) is 0 Å². The molecule has 1 unspecified atom stereocenters. The van der Waals surface area contributed by atoms with Crippen LogP contribution in [0.3, 0.4) is 0 Å². The Bertz CT molecular complexity index is 323. The number of amides is 2. The van der Waals surface area contributed by atoms with E-state index in [0.29, 0.717) is 32.8 Å². The summed E-state index contributed by atoms with van der Waals surface area (Å²) in [5, 5.41) is 11.7. The van der Waals surface area contributed by atoms with Crippen LogP contribution < -0.4 is 5.32 Å². The third kappa shape index (κ3) is 4.36. The minimum absolute atomic E-state index is 0.0475. The van der Waals surface area contributed by atoms with Crippen molar-refractivity contribution in [3.63, 3.8) is 0 Å². The van der Waals surface area contributed by atoms with E-state index in [1.807, 2.05) is 4.90 Å². The van der Waals surface area contributed by atoms with Gasteiger partial charge in [0.1, 0.15) is 0 Å². The van der Waals surface area contributed by atoms with Gasteiger partial charge >= 0.3 is 12.0 Å². The van der Waals surface area contributed by atoms with Gasteiger partial charge in [-0.1, -0.05) is 0 Å². The molecular weight excluding hydrogens is 250 g/mol. The lowest BCUT2D eigenvalue weighted by Gasteiger charge is -2.35. The van der Waals surface area contributed by atoms with Gasteiger partial charge in [-0.2, -0.15) is 0 Å². The van der Waals surface area contributed by atoms with Crippen LogP contribution in [-0.4, -0.2) is 78.9 Å². The Morgan fingerprint density at radius 2 is 2.00 bits per heavy atom. The molecule has 2 N–H and O–H groups in total. The average Bonchev–Trinajstić information content (AvgIpc) is 2.40. The highest BCUT2D eigenvalue weighted by Crippen LogP contribution is 2.07. The van der Waals surface area contributed by atoms with Crippen molar-refractivity contribution in [2.24, 2.45) is 0 Å². The number of rotatable bonds is 3. The standard InChI is InChI=1S/C12H21N3O4/c16-11(17)8-14-3-5-15(6-4-14)12(18)13-10-2-1-7-19-9-10/h10H,1-9H2,(H,13,18)(H,16,17). The van der Waals surface area contributed by atoms with E-state index in [2.05, 4.69) is 5.32 Å². The maximum Gasteiger partial charge on any atom is 0.317 e. The van der Waals surface area contributed by atoms with E-state index in [1.165, 1.54) is 0 Å². The lowest BCUT2D eigenvalue weighted by Crippen LogP contribution is -2.55. The van der Waals surface area contributed by atoms with Crippen molar-refractivity contribution in [3.05, 3.63) is 0 Å². The molecule has 19 heavy (non-hydrogen) atoms. The number of nitrogens with one attached hydrogen (secondary N) is 1. The Kier molecular flexibility index (Phi) is 4.98. The van der Waals surface area contributed by atoms with E-state index in [9.17, 15) is 9.59 Å². The van der Waals surface area contributed by atoms with Gasteiger partial charge in [-0.05, 0) is 12.8 Å². The highest BCUT2D eigenvalue weighted by Gasteiger charge is 2.24. The number of ether oxygens (including phenoxy) is 1. The molecule has 0 aromatic rings. The fourth-order valence-electron chi connectivity index (χ4n) is 2.42. The van der Waals surface area contributed by atoms with Crippen molar-refractivity contribution in [2.75, 3.05) is 45.9 Å². The molecule has 7 nitrogen and oxygen atoms in total. The minimum atomic E-state index is -0.822. The minimum Gasteiger partial charge on any atom is -0.480 e. The average molecular weight is 271 g/mol. The Balaban J connectivity index is 1.71. The number of hydrogen-bond acceptors (Lipinski definition) is 4. The molecule has 2 aliphatic heterocycles. The molecule has 0 aromatic heterocycles. The van der Waals surface area contributed by atoms with Crippen molar-refractivity contribution in [2.45, 2.75) is 18.9 Å². The number of piperazine rings is 1. The topological polar surface area (TPSA) is 82.1 Å². The highest BCUT2D eigenvalue weighted by molar-refractivity contribution is 5.74. The monoisotopic (exact) mass is 271 g/mol. The van der Waals surface area contributed by atoms with Crippen LogP contribution in [-0.2, 0) is 9.53 Å². The maximum absolute atomic E-state index is 12.0. The molecule has 2 amide bonds. The lowest BCUT2D eigenvalue weighted by molar-refractivity contribution is -0.138. The molecule has 2 rings (SSSR count). The second kappa shape index (κ2) is 6.72. The van der Waals surface area contributed by atoms with Crippen molar-refractivity contribution in [1.82, 2.24) is 15.1 Å². The van der Waals surface area contributed by atoms with E-state index in [0.717, 1.165) is 19.4 Å². The van der Waals surface area contributed by atoms with Gasteiger partial charge in [0.2, 0.25) is 0 Å². The zero-order valence-electron chi connectivity index (χ0n) is 11.0. The zero-order chi connectivity index (χ0) is 13.7. The second-order valence-corrected chi connectivity index (χ2v) is 5.02. The molecule has 0 radical (unpaired) electrons. The molecule has 2 heterocycles.